The molecular formula is C22H19N5O5. The molecule has 4 aromatic rings. The Balaban J connectivity index is 1.40. The smallest absolute Gasteiger partial charge is 0.269 e. The predicted molar refractivity (Wildman–Crippen MR) is 117 cm³/mol. The number of nitro benzene ring substituents is 1. The number of fused-ring (bicyclic) bond motifs is 1. The first-order valence-electron chi connectivity index (χ1n) is 9.79. The van der Waals surface area contributed by atoms with Crippen LogP contribution in [0.3, 0.4) is 0 Å². The SMILES string of the molecule is CCOc1ccc(-n2nc3ccc(NC(=O)COc4ccc([N+](=O)[O-])cc4)cc3n2)cc1. The van der Waals surface area contributed by atoms with Crippen molar-refractivity contribution in [1.82, 2.24) is 15.0 Å². The fraction of sp³-hybridized carbons (Fsp3) is 0.136. The molecule has 162 valence electrons. The molecule has 1 amide bonds. The number of aromatic nitrogens is 3. The summed E-state index contributed by atoms with van der Waals surface area (Å²) in [6.07, 6.45) is 0. The summed E-state index contributed by atoms with van der Waals surface area (Å²) in [7, 11) is 0. The van der Waals surface area contributed by atoms with Gasteiger partial charge in [0, 0.05) is 17.8 Å². The summed E-state index contributed by atoms with van der Waals surface area (Å²) in [5.74, 6) is 0.759. The summed E-state index contributed by atoms with van der Waals surface area (Å²) >= 11 is 0. The van der Waals surface area contributed by atoms with Crippen molar-refractivity contribution in [1.29, 1.82) is 0 Å². The van der Waals surface area contributed by atoms with E-state index in [1.807, 2.05) is 31.2 Å². The number of hydrogen-bond donors (Lipinski definition) is 1. The van der Waals surface area contributed by atoms with Crippen LogP contribution in [0.25, 0.3) is 16.7 Å². The van der Waals surface area contributed by atoms with E-state index in [4.69, 9.17) is 9.47 Å². The van der Waals surface area contributed by atoms with Crippen LogP contribution in [0.5, 0.6) is 11.5 Å². The third-order valence-corrected chi connectivity index (χ3v) is 4.46. The Labute approximate surface area is 182 Å². The lowest BCUT2D eigenvalue weighted by atomic mass is 10.3. The van der Waals surface area contributed by atoms with Gasteiger partial charge in [-0.3, -0.25) is 14.9 Å². The van der Waals surface area contributed by atoms with Crippen molar-refractivity contribution in [2.75, 3.05) is 18.5 Å². The van der Waals surface area contributed by atoms with Gasteiger partial charge in [0.15, 0.2) is 6.61 Å². The zero-order chi connectivity index (χ0) is 22.5. The number of amides is 1. The minimum atomic E-state index is -0.501. The number of nitrogens with one attached hydrogen (secondary N) is 1. The maximum atomic E-state index is 12.2. The first kappa shape index (κ1) is 20.8. The third kappa shape index (κ3) is 4.81. The molecule has 32 heavy (non-hydrogen) atoms. The van der Waals surface area contributed by atoms with Crippen LogP contribution in [0.2, 0.25) is 0 Å². The van der Waals surface area contributed by atoms with E-state index in [9.17, 15) is 14.9 Å². The molecule has 0 saturated carbocycles. The Morgan fingerprint density at radius 2 is 1.62 bits per heavy atom. The molecule has 0 aliphatic rings. The molecule has 3 aromatic carbocycles. The molecule has 0 saturated heterocycles. The molecule has 1 heterocycles. The van der Waals surface area contributed by atoms with Crippen LogP contribution in [0.1, 0.15) is 6.92 Å². The van der Waals surface area contributed by atoms with E-state index in [0.717, 1.165) is 11.4 Å². The monoisotopic (exact) mass is 433 g/mol. The summed E-state index contributed by atoms with van der Waals surface area (Å²) < 4.78 is 10.8. The highest BCUT2D eigenvalue weighted by molar-refractivity contribution is 5.93. The molecule has 0 unspecified atom stereocenters. The number of carbonyl (C=O) groups is 1. The highest BCUT2D eigenvalue weighted by Crippen LogP contribution is 2.20. The Hall–Kier alpha value is -4.47. The van der Waals surface area contributed by atoms with E-state index < -0.39 is 4.92 Å². The minimum Gasteiger partial charge on any atom is -0.494 e. The number of carbonyl (C=O) groups excluding carboxylic acids is 1. The van der Waals surface area contributed by atoms with Gasteiger partial charge in [0.1, 0.15) is 22.5 Å². The molecule has 0 fully saturated rings. The van der Waals surface area contributed by atoms with Gasteiger partial charge in [-0.05, 0) is 61.5 Å². The van der Waals surface area contributed by atoms with E-state index in [-0.39, 0.29) is 18.2 Å². The fourth-order valence-corrected chi connectivity index (χ4v) is 2.96. The Morgan fingerprint density at radius 1 is 0.969 bits per heavy atom. The van der Waals surface area contributed by atoms with Crippen LogP contribution in [0.15, 0.2) is 66.7 Å². The molecule has 0 radical (unpaired) electrons. The minimum absolute atomic E-state index is 0.0478. The lowest BCUT2D eigenvalue weighted by Crippen LogP contribution is -2.20. The molecular weight excluding hydrogens is 414 g/mol. The van der Waals surface area contributed by atoms with Gasteiger partial charge in [-0.15, -0.1) is 10.2 Å². The van der Waals surface area contributed by atoms with Crippen molar-refractivity contribution in [2.45, 2.75) is 6.92 Å². The topological polar surface area (TPSA) is 121 Å². The summed E-state index contributed by atoms with van der Waals surface area (Å²) in [5.41, 5.74) is 2.58. The molecule has 0 atom stereocenters. The molecule has 0 bridgehead atoms. The van der Waals surface area contributed by atoms with Gasteiger partial charge >= 0.3 is 0 Å². The van der Waals surface area contributed by atoms with E-state index in [2.05, 4.69) is 15.5 Å². The van der Waals surface area contributed by atoms with Crippen LogP contribution in [0.4, 0.5) is 11.4 Å². The van der Waals surface area contributed by atoms with Crippen molar-refractivity contribution in [2.24, 2.45) is 0 Å². The lowest BCUT2D eigenvalue weighted by molar-refractivity contribution is -0.384. The van der Waals surface area contributed by atoms with Crippen molar-refractivity contribution in [3.63, 3.8) is 0 Å². The zero-order valence-electron chi connectivity index (χ0n) is 17.1. The summed E-state index contributed by atoms with van der Waals surface area (Å²) in [6.45, 7) is 2.28. The number of benzene rings is 3. The fourth-order valence-electron chi connectivity index (χ4n) is 2.96. The van der Waals surface area contributed by atoms with Gasteiger partial charge in [0.05, 0.1) is 17.2 Å². The quantitative estimate of drug-likeness (QED) is 0.332. The third-order valence-electron chi connectivity index (χ3n) is 4.46. The normalized spacial score (nSPS) is 10.7. The number of nitrogens with zero attached hydrogens (tertiary/aromatic N) is 4. The molecule has 0 aliphatic heterocycles. The van der Waals surface area contributed by atoms with Crippen molar-refractivity contribution < 1.29 is 19.2 Å². The van der Waals surface area contributed by atoms with Gasteiger partial charge in [-0.2, -0.15) is 4.80 Å². The molecule has 1 aromatic heterocycles. The maximum Gasteiger partial charge on any atom is 0.269 e. The summed E-state index contributed by atoms with van der Waals surface area (Å²) in [5, 5.41) is 22.3. The first-order chi connectivity index (χ1) is 15.5. The van der Waals surface area contributed by atoms with Crippen LogP contribution < -0.4 is 14.8 Å². The Bertz CT molecular complexity index is 1250. The van der Waals surface area contributed by atoms with Gasteiger partial charge in [0.25, 0.3) is 11.6 Å². The highest BCUT2D eigenvalue weighted by atomic mass is 16.6. The maximum absolute atomic E-state index is 12.2. The molecule has 10 heteroatoms. The van der Waals surface area contributed by atoms with Crippen LogP contribution in [-0.2, 0) is 4.79 Å². The summed E-state index contributed by atoms with van der Waals surface area (Å²) in [4.78, 5) is 23.9. The van der Waals surface area contributed by atoms with Crippen LogP contribution in [0, 0.1) is 10.1 Å². The molecule has 4 rings (SSSR count). The second kappa shape index (κ2) is 9.13. The van der Waals surface area contributed by atoms with E-state index in [0.29, 0.717) is 29.1 Å². The summed E-state index contributed by atoms with van der Waals surface area (Å²) in [6, 6.07) is 18.1. The highest BCUT2D eigenvalue weighted by Gasteiger charge is 2.10. The molecule has 0 spiro atoms. The molecule has 10 nitrogen and oxygen atoms in total. The Kier molecular flexibility index (Phi) is 5.93. The number of non-ortho nitro benzene ring substituents is 1. The second-order valence-electron chi connectivity index (χ2n) is 6.71. The number of anilines is 1. The van der Waals surface area contributed by atoms with Gasteiger partial charge in [-0.1, -0.05) is 0 Å². The zero-order valence-corrected chi connectivity index (χ0v) is 17.1. The van der Waals surface area contributed by atoms with Crippen molar-refractivity contribution >= 4 is 28.3 Å². The molecule has 0 aliphatic carbocycles. The van der Waals surface area contributed by atoms with Gasteiger partial charge in [-0.25, -0.2) is 0 Å². The Morgan fingerprint density at radius 3 is 2.31 bits per heavy atom. The van der Waals surface area contributed by atoms with E-state index >= 15 is 0 Å². The van der Waals surface area contributed by atoms with Crippen LogP contribution >= 0.6 is 0 Å². The van der Waals surface area contributed by atoms with Gasteiger partial charge < -0.3 is 14.8 Å². The van der Waals surface area contributed by atoms with Gasteiger partial charge in [0.2, 0.25) is 0 Å². The van der Waals surface area contributed by atoms with Crippen LogP contribution in [-0.4, -0.2) is 39.0 Å². The van der Waals surface area contributed by atoms with E-state index in [1.165, 1.54) is 29.1 Å². The number of hydrogen-bond acceptors (Lipinski definition) is 7. The number of nitro groups is 1. The average molecular weight is 433 g/mol. The van der Waals surface area contributed by atoms with E-state index in [1.54, 1.807) is 18.2 Å². The van der Waals surface area contributed by atoms with Crippen molar-refractivity contribution in [3.8, 4) is 17.2 Å². The largest absolute Gasteiger partial charge is 0.494 e. The molecule has 1 N–H and O–H groups in total. The lowest BCUT2D eigenvalue weighted by Gasteiger charge is -2.07. The number of rotatable bonds is 8. The number of ether oxygens (including phenoxy) is 2. The average Bonchev–Trinajstić information content (AvgIpc) is 3.22. The second-order valence-corrected chi connectivity index (χ2v) is 6.71. The first-order valence-corrected chi connectivity index (χ1v) is 9.79. The standard InChI is InChI=1S/C22H19N5O5/c1-2-31-18-8-4-16(5-9-18)26-24-20-12-3-15(13-21(20)25-26)23-22(28)14-32-19-10-6-17(7-11-19)27(29)30/h3-13H,2,14H2,1H3,(H,23,28). The predicted octanol–water partition coefficient (Wildman–Crippen LogP) is 3.74. The van der Waals surface area contributed by atoms with Crippen molar-refractivity contribution in [3.05, 3.63) is 76.8 Å².